The lowest BCUT2D eigenvalue weighted by Gasteiger charge is -2.40. The lowest BCUT2D eigenvalue weighted by molar-refractivity contribution is -0.146. The zero-order valence-electron chi connectivity index (χ0n) is 8.38. The summed E-state index contributed by atoms with van der Waals surface area (Å²) in [4.78, 5) is 0. The summed E-state index contributed by atoms with van der Waals surface area (Å²) in [5, 5.41) is 0. The molecule has 2 nitrogen and oxygen atoms in total. The molecule has 1 aliphatic heterocycles. The van der Waals surface area contributed by atoms with Gasteiger partial charge in [0.15, 0.2) is 0 Å². The van der Waals surface area contributed by atoms with Gasteiger partial charge in [0.25, 0.3) is 0 Å². The van der Waals surface area contributed by atoms with Crippen LogP contribution in [0.25, 0.3) is 0 Å². The number of ether oxygens (including phenoxy) is 1. The minimum Gasteiger partial charge on any atom is -0.375 e. The van der Waals surface area contributed by atoms with Crippen LogP contribution in [0, 0.1) is 11.8 Å². The van der Waals surface area contributed by atoms with Crippen LogP contribution in [0.5, 0.6) is 0 Å². The van der Waals surface area contributed by atoms with Gasteiger partial charge in [0, 0.05) is 5.54 Å². The molecule has 0 aromatic heterocycles. The molecule has 3 fully saturated rings. The molecule has 13 heavy (non-hydrogen) atoms. The van der Waals surface area contributed by atoms with Crippen molar-refractivity contribution in [3.05, 3.63) is 0 Å². The molecule has 3 aliphatic rings. The number of rotatable bonds is 0. The zero-order valence-corrected chi connectivity index (χ0v) is 8.38. The average Bonchev–Trinajstić information content (AvgIpc) is 2.35. The molecule has 2 saturated carbocycles. The van der Waals surface area contributed by atoms with Crippen molar-refractivity contribution >= 4 is 0 Å². The van der Waals surface area contributed by atoms with E-state index in [1.807, 2.05) is 0 Å². The van der Waals surface area contributed by atoms with Crippen molar-refractivity contribution in [1.29, 1.82) is 0 Å². The van der Waals surface area contributed by atoms with Crippen LogP contribution >= 0.6 is 0 Å². The molecular formula is C11H19NO. The quantitative estimate of drug-likeness (QED) is 0.617. The molecule has 0 bridgehead atoms. The first-order valence-corrected chi connectivity index (χ1v) is 5.52. The third kappa shape index (κ3) is 1.15. The Morgan fingerprint density at radius 3 is 2.08 bits per heavy atom. The van der Waals surface area contributed by atoms with Crippen LogP contribution in [-0.2, 0) is 4.74 Å². The highest BCUT2D eigenvalue weighted by atomic mass is 16.5. The first kappa shape index (κ1) is 8.25. The first-order chi connectivity index (χ1) is 6.09. The van der Waals surface area contributed by atoms with Gasteiger partial charge in [0.05, 0.1) is 12.2 Å². The summed E-state index contributed by atoms with van der Waals surface area (Å²) < 4.78 is 5.74. The summed E-state index contributed by atoms with van der Waals surface area (Å²) in [6.45, 7) is 3.21. The van der Waals surface area contributed by atoms with Crippen molar-refractivity contribution in [3.8, 4) is 0 Å². The highest BCUT2D eigenvalue weighted by Gasteiger charge is 2.54. The number of hydrogen-bond donors (Lipinski definition) is 1. The lowest BCUT2D eigenvalue weighted by atomic mass is 9.87. The Kier molecular flexibility index (Phi) is 1.45. The summed E-state index contributed by atoms with van der Waals surface area (Å²) in [7, 11) is 0. The fraction of sp³-hybridized carbons (Fsp3) is 1.00. The molecule has 0 aromatic carbocycles. The van der Waals surface area contributed by atoms with Gasteiger partial charge >= 0.3 is 0 Å². The van der Waals surface area contributed by atoms with E-state index in [9.17, 15) is 0 Å². The average molecular weight is 181 g/mol. The second-order valence-electron chi connectivity index (χ2n) is 5.77. The fourth-order valence-electron chi connectivity index (χ4n) is 3.84. The van der Waals surface area contributed by atoms with Crippen molar-refractivity contribution in [2.75, 3.05) is 6.61 Å². The van der Waals surface area contributed by atoms with E-state index >= 15 is 0 Å². The Morgan fingerprint density at radius 2 is 1.69 bits per heavy atom. The van der Waals surface area contributed by atoms with Gasteiger partial charge in [-0.25, -0.2) is 0 Å². The van der Waals surface area contributed by atoms with Crippen molar-refractivity contribution in [1.82, 2.24) is 0 Å². The molecule has 2 heteroatoms. The summed E-state index contributed by atoms with van der Waals surface area (Å²) in [5.74, 6) is 1.74. The minimum absolute atomic E-state index is 0.126. The third-order valence-corrected chi connectivity index (χ3v) is 4.36. The molecule has 1 unspecified atom stereocenters. The van der Waals surface area contributed by atoms with Gasteiger partial charge in [0.1, 0.15) is 0 Å². The van der Waals surface area contributed by atoms with Crippen molar-refractivity contribution in [2.45, 2.75) is 50.2 Å². The fourth-order valence-corrected chi connectivity index (χ4v) is 3.84. The Balaban J connectivity index is 1.74. The van der Waals surface area contributed by atoms with Crippen LogP contribution in [0.2, 0.25) is 0 Å². The molecule has 0 radical (unpaired) electrons. The highest BCUT2D eigenvalue weighted by molar-refractivity contribution is 5.07. The number of hydrogen-bond acceptors (Lipinski definition) is 2. The van der Waals surface area contributed by atoms with Gasteiger partial charge in [-0.2, -0.15) is 0 Å². The van der Waals surface area contributed by atoms with Gasteiger partial charge in [-0.1, -0.05) is 0 Å². The highest BCUT2D eigenvalue weighted by Crippen LogP contribution is 2.56. The second-order valence-corrected chi connectivity index (χ2v) is 5.77. The van der Waals surface area contributed by atoms with E-state index in [0.29, 0.717) is 5.60 Å². The van der Waals surface area contributed by atoms with Crippen molar-refractivity contribution in [3.63, 3.8) is 0 Å². The Bertz CT molecular complexity index is 214. The van der Waals surface area contributed by atoms with E-state index in [1.165, 1.54) is 32.1 Å². The van der Waals surface area contributed by atoms with E-state index in [4.69, 9.17) is 10.5 Å². The van der Waals surface area contributed by atoms with Crippen LogP contribution < -0.4 is 5.73 Å². The topological polar surface area (TPSA) is 35.2 Å². The molecular weight excluding hydrogens is 162 g/mol. The number of nitrogens with two attached hydrogens (primary N) is 1. The molecule has 0 aromatic rings. The van der Waals surface area contributed by atoms with Crippen LogP contribution in [0.15, 0.2) is 0 Å². The predicted octanol–water partition coefficient (Wildman–Crippen LogP) is 1.68. The summed E-state index contributed by atoms with van der Waals surface area (Å²) in [5.41, 5.74) is 6.63. The van der Waals surface area contributed by atoms with Crippen molar-refractivity contribution in [2.24, 2.45) is 17.6 Å². The Labute approximate surface area is 79.8 Å². The Hall–Kier alpha value is -0.0800. The SMILES string of the molecule is C[C@@]1(N)C[C@H]2CC3(CCO3)C[C@H]2C1. The molecule has 2 N–H and O–H groups in total. The molecule has 4 atom stereocenters. The summed E-state index contributed by atoms with van der Waals surface area (Å²) in [6.07, 6.45) is 6.35. The molecule has 1 spiro atoms. The predicted molar refractivity (Wildman–Crippen MR) is 51.3 cm³/mol. The van der Waals surface area contributed by atoms with Crippen LogP contribution in [-0.4, -0.2) is 17.7 Å². The normalized spacial score (nSPS) is 59.5. The van der Waals surface area contributed by atoms with Crippen LogP contribution in [0.4, 0.5) is 0 Å². The smallest absolute Gasteiger partial charge is 0.0710 e. The summed E-state index contributed by atoms with van der Waals surface area (Å²) >= 11 is 0. The first-order valence-electron chi connectivity index (χ1n) is 5.52. The van der Waals surface area contributed by atoms with Gasteiger partial charge in [-0.3, -0.25) is 0 Å². The maximum Gasteiger partial charge on any atom is 0.0710 e. The maximum atomic E-state index is 6.18. The van der Waals surface area contributed by atoms with Crippen molar-refractivity contribution < 1.29 is 4.74 Å². The monoisotopic (exact) mass is 181 g/mol. The van der Waals surface area contributed by atoms with Gasteiger partial charge < -0.3 is 10.5 Å². The van der Waals surface area contributed by atoms with Gasteiger partial charge in [-0.05, 0) is 50.9 Å². The van der Waals surface area contributed by atoms with Gasteiger partial charge in [-0.15, -0.1) is 0 Å². The van der Waals surface area contributed by atoms with E-state index in [0.717, 1.165) is 18.4 Å². The molecule has 1 heterocycles. The molecule has 74 valence electrons. The zero-order chi connectivity index (χ0) is 9.10. The van der Waals surface area contributed by atoms with Crippen LogP contribution in [0.3, 0.4) is 0 Å². The Morgan fingerprint density at radius 1 is 1.15 bits per heavy atom. The van der Waals surface area contributed by atoms with E-state index in [-0.39, 0.29) is 5.54 Å². The largest absolute Gasteiger partial charge is 0.375 e. The second kappa shape index (κ2) is 2.29. The third-order valence-electron chi connectivity index (χ3n) is 4.36. The van der Waals surface area contributed by atoms with E-state index < -0.39 is 0 Å². The molecule has 3 rings (SSSR count). The van der Waals surface area contributed by atoms with Gasteiger partial charge in [0.2, 0.25) is 0 Å². The standard InChI is InChI=1S/C11H19NO/c1-10(12)4-8-6-11(2-3-13-11)7-9(8)5-10/h8-9H,2-7,12H2,1H3/t8-,9+,10+,11?. The van der Waals surface area contributed by atoms with E-state index in [2.05, 4.69) is 6.92 Å². The maximum absolute atomic E-state index is 6.18. The lowest BCUT2D eigenvalue weighted by Crippen LogP contribution is -2.43. The molecule has 0 amide bonds. The van der Waals surface area contributed by atoms with E-state index in [1.54, 1.807) is 0 Å². The summed E-state index contributed by atoms with van der Waals surface area (Å²) in [6, 6.07) is 0. The molecule has 1 saturated heterocycles. The minimum atomic E-state index is 0.126. The molecule has 2 aliphatic carbocycles. The van der Waals surface area contributed by atoms with Crippen LogP contribution in [0.1, 0.15) is 39.0 Å². The number of fused-ring (bicyclic) bond motifs is 1.